The number of sulfonamides is 1. The molecule has 6 nitrogen and oxygen atoms in total. The number of rotatable bonds is 7. The number of benzene rings is 3. The predicted octanol–water partition coefficient (Wildman–Crippen LogP) is 5.42. The summed E-state index contributed by atoms with van der Waals surface area (Å²) >= 11 is 1.24. The van der Waals surface area contributed by atoms with Crippen LogP contribution in [0.15, 0.2) is 89.1 Å². The summed E-state index contributed by atoms with van der Waals surface area (Å²) in [6, 6.07) is 20.5. The van der Waals surface area contributed by atoms with Gasteiger partial charge < -0.3 is 0 Å². The van der Waals surface area contributed by atoms with E-state index in [1.54, 1.807) is 48.7 Å². The molecule has 0 radical (unpaired) electrons. The SMILES string of the molecule is CCN(c1ccccc1)S(=O)(=O)c1ccc(C(=O)Nc2nc(-c3ccc(F)cc3)cs2)cc1. The van der Waals surface area contributed by atoms with Crippen molar-refractivity contribution >= 4 is 38.1 Å². The lowest BCUT2D eigenvalue weighted by atomic mass is 10.2. The molecule has 168 valence electrons. The lowest BCUT2D eigenvalue weighted by Crippen LogP contribution is -2.30. The van der Waals surface area contributed by atoms with Crippen molar-refractivity contribution < 1.29 is 17.6 Å². The first-order chi connectivity index (χ1) is 15.9. The normalized spacial score (nSPS) is 11.2. The van der Waals surface area contributed by atoms with Crippen LogP contribution in [0.25, 0.3) is 11.3 Å². The molecule has 33 heavy (non-hydrogen) atoms. The summed E-state index contributed by atoms with van der Waals surface area (Å²) in [4.78, 5) is 17.1. The highest BCUT2D eigenvalue weighted by Gasteiger charge is 2.23. The fraction of sp³-hybridized carbons (Fsp3) is 0.0833. The van der Waals surface area contributed by atoms with E-state index in [-0.39, 0.29) is 17.3 Å². The molecule has 4 rings (SSSR count). The predicted molar refractivity (Wildman–Crippen MR) is 129 cm³/mol. The average molecular weight is 482 g/mol. The molecule has 4 aromatic rings. The van der Waals surface area contributed by atoms with E-state index in [2.05, 4.69) is 10.3 Å². The van der Waals surface area contributed by atoms with E-state index in [0.717, 1.165) is 5.56 Å². The molecule has 0 aliphatic rings. The number of halogens is 1. The monoisotopic (exact) mass is 481 g/mol. The molecule has 1 aromatic heterocycles. The van der Waals surface area contributed by atoms with Gasteiger partial charge >= 0.3 is 0 Å². The van der Waals surface area contributed by atoms with Crippen molar-refractivity contribution in [2.75, 3.05) is 16.2 Å². The van der Waals surface area contributed by atoms with Crippen LogP contribution in [-0.4, -0.2) is 25.9 Å². The Bertz CT molecular complexity index is 1350. The minimum absolute atomic E-state index is 0.0950. The van der Waals surface area contributed by atoms with Crippen molar-refractivity contribution in [1.82, 2.24) is 4.98 Å². The number of nitrogens with zero attached hydrogens (tertiary/aromatic N) is 2. The Hall–Kier alpha value is -3.56. The Morgan fingerprint density at radius 2 is 1.67 bits per heavy atom. The van der Waals surface area contributed by atoms with E-state index in [4.69, 9.17) is 0 Å². The molecule has 0 saturated heterocycles. The number of hydrogen-bond donors (Lipinski definition) is 1. The van der Waals surface area contributed by atoms with Crippen LogP contribution in [0.2, 0.25) is 0 Å². The third-order valence-corrected chi connectivity index (χ3v) is 7.58. The van der Waals surface area contributed by atoms with Gasteiger partial charge in [-0.3, -0.25) is 14.4 Å². The quantitative estimate of drug-likeness (QED) is 0.382. The molecule has 0 atom stereocenters. The smallest absolute Gasteiger partial charge is 0.264 e. The number of amides is 1. The summed E-state index contributed by atoms with van der Waals surface area (Å²) in [5, 5.41) is 4.86. The molecule has 1 amide bonds. The number of para-hydroxylation sites is 1. The number of aromatic nitrogens is 1. The largest absolute Gasteiger partial charge is 0.298 e. The van der Waals surface area contributed by atoms with Gasteiger partial charge in [-0.1, -0.05) is 18.2 Å². The van der Waals surface area contributed by atoms with E-state index in [9.17, 15) is 17.6 Å². The van der Waals surface area contributed by atoms with Gasteiger partial charge in [0.05, 0.1) is 16.3 Å². The Labute approximate surface area is 195 Å². The first-order valence-corrected chi connectivity index (χ1v) is 12.4. The molecule has 0 unspecified atom stereocenters. The molecule has 0 bridgehead atoms. The van der Waals surface area contributed by atoms with Gasteiger partial charge in [-0.25, -0.2) is 17.8 Å². The van der Waals surface area contributed by atoms with Crippen molar-refractivity contribution in [3.8, 4) is 11.3 Å². The fourth-order valence-electron chi connectivity index (χ4n) is 3.24. The number of carbonyl (C=O) groups is 1. The zero-order chi connectivity index (χ0) is 23.4. The number of nitrogens with one attached hydrogen (secondary N) is 1. The molecule has 1 N–H and O–H groups in total. The van der Waals surface area contributed by atoms with E-state index in [1.165, 1.54) is 52.0 Å². The van der Waals surface area contributed by atoms with Gasteiger partial charge in [-0.2, -0.15) is 0 Å². The van der Waals surface area contributed by atoms with Gasteiger partial charge in [0.25, 0.3) is 15.9 Å². The lowest BCUT2D eigenvalue weighted by molar-refractivity contribution is 0.102. The second kappa shape index (κ2) is 9.51. The Morgan fingerprint density at radius 3 is 2.30 bits per heavy atom. The van der Waals surface area contributed by atoms with Crippen LogP contribution in [0.4, 0.5) is 15.2 Å². The van der Waals surface area contributed by atoms with Crippen molar-refractivity contribution in [3.05, 3.63) is 95.6 Å². The number of carbonyl (C=O) groups excluding carboxylic acids is 1. The summed E-state index contributed by atoms with van der Waals surface area (Å²) < 4.78 is 40.6. The van der Waals surface area contributed by atoms with Crippen LogP contribution in [0.3, 0.4) is 0 Å². The van der Waals surface area contributed by atoms with Gasteiger partial charge in [0.15, 0.2) is 5.13 Å². The van der Waals surface area contributed by atoms with Crippen molar-refractivity contribution in [1.29, 1.82) is 0 Å². The topological polar surface area (TPSA) is 79.4 Å². The highest BCUT2D eigenvalue weighted by molar-refractivity contribution is 7.92. The Morgan fingerprint density at radius 1 is 1.00 bits per heavy atom. The van der Waals surface area contributed by atoms with E-state index < -0.39 is 15.9 Å². The summed E-state index contributed by atoms with van der Waals surface area (Å²) in [5.41, 5.74) is 2.23. The van der Waals surface area contributed by atoms with Crippen LogP contribution in [0, 0.1) is 5.82 Å². The van der Waals surface area contributed by atoms with Gasteiger partial charge in [0, 0.05) is 23.1 Å². The molecule has 0 fully saturated rings. The third-order valence-electron chi connectivity index (χ3n) is 4.90. The number of thiazole rings is 1. The van der Waals surface area contributed by atoms with Gasteiger partial charge in [0.2, 0.25) is 0 Å². The second-order valence-electron chi connectivity index (χ2n) is 7.03. The highest BCUT2D eigenvalue weighted by atomic mass is 32.2. The fourth-order valence-corrected chi connectivity index (χ4v) is 5.43. The Balaban J connectivity index is 1.49. The van der Waals surface area contributed by atoms with Gasteiger partial charge in [0.1, 0.15) is 5.82 Å². The van der Waals surface area contributed by atoms with E-state index in [1.807, 2.05) is 6.07 Å². The Kier molecular flexibility index (Phi) is 6.52. The van der Waals surface area contributed by atoms with E-state index in [0.29, 0.717) is 22.1 Å². The summed E-state index contributed by atoms with van der Waals surface area (Å²) in [6.07, 6.45) is 0. The maximum atomic E-state index is 13.1. The zero-order valence-corrected chi connectivity index (χ0v) is 19.2. The molecule has 0 aliphatic carbocycles. The molecule has 0 aliphatic heterocycles. The molecule has 9 heteroatoms. The first-order valence-electron chi connectivity index (χ1n) is 10.1. The standard InChI is InChI=1S/C24H20FN3O3S2/c1-2-28(20-6-4-3-5-7-20)33(30,31)21-14-10-18(11-15-21)23(29)27-24-26-22(16-32-24)17-8-12-19(25)13-9-17/h3-16H,2H2,1H3,(H,26,27,29). The number of hydrogen-bond acceptors (Lipinski definition) is 5. The number of anilines is 2. The zero-order valence-electron chi connectivity index (χ0n) is 17.6. The average Bonchev–Trinajstić information content (AvgIpc) is 3.29. The second-order valence-corrected chi connectivity index (χ2v) is 9.75. The molecule has 3 aromatic carbocycles. The van der Waals surface area contributed by atoms with Crippen LogP contribution in [0.5, 0.6) is 0 Å². The van der Waals surface area contributed by atoms with Crippen LogP contribution < -0.4 is 9.62 Å². The minimum atomic E-state index is -3.77. The molecule has 0 spiro atoms. The van der Waals surface area contributed by atoms with Crippen LogP contribution in [-0.2, 0) is 10.0 Å². The summed E-state index contributed by atoms with van der Waals surface area (Å²) in [6.45, 7) is 2.04. The molecular weight excluding hydrogens is 461 g/mol. The highest BCUT2D eigenvalue weighted by Crippen LogP contribution is 2.26. The van der Waals surface area contributed by atoms with Crippen molar-refractivity contribution in [2.24, 2.45) is 0 Å². The summed E-state index contributed by atoms with van der Waals surface area (Å²) in [7, 11) is -3.77. The summed E-state index contributed by atoms with van der Waals surface area (Å²) in [5.74, 6) is -0.742. The van der Waals surface area contributed by atoms with Gasteiger partial charge in [-0.05, 0) is 67.6 Å². The van der Waals surface area contributed by atoms with Crippen molar-refractivity contribution in [2.45, 2.75) is 11.8 Å². The van der Waals surface area contributed by atoms with Crippen LogP contribution in [0.1, 0.15) is 17.3 Å². The van der Waals surface area contributed by atoms with Crippen molar-refractivity contribution in [3.63, 3.8) is 0 Å². The maximum Gasteiger partial charge on any atom is 0.264 e. The first kappa shape index (κ1) is 22.6. The van der Waals surface area contributed by atoms with Gasteiger partial charge in [-0.15, -0.1) is 11.3 Å². The lowest BCUT2D eigenvalue weighted by Gasteiger charge is -2.22. The molecule has 0 saturated carbocycles. The van der Waals surface area contributed by atoms with Crippen LogP contribution >= 0.6 is 11.3 Å². The minimum Gasteiger partial charge on any atom is -0.298 e. The molecule has 1 heterocycles. The third kappa shape index (κ3) is 4.94. The molecular formula is C24H20FN3O3S2. The van der Waals surface area contributed by atoms with E-state index >= 15 is 0 Å². The maximum absolute atomic E-state index is 13.1.